The lowest BCUT2D eigenvalue weighted by Crippen LogP contribution is -2.71. The van der Waals surface area contributed by atoms with E-state index in [9.17, 15) is 10.2 Å². The summed E-state index contributed by atoms with van der Waals surface area (Å²) in [5.74, 6) is 0.383. The third-order valence-corrected chi connectivity index (χ3v) is 7.22. The van der Waals surface area contributed by atoms with Crippen LogP contribution in [0.3, 0.4) is 0 Å². The van der Waals surface area contributed by atoms with E-state index in [1.165, 1.54) is 19.3 Å². The zero-order valence-corrected chi connectivity index (χ0v) is 20.1. The number of aromatic nitrogens is 3. The van der Waals surface area contributed by atoms with E-state index in [-0.39, 0.29) is 12.4 Å². The van der Waals surface area contributed by atoms with E-state index in [2.05, 4.69) is 44.3 Å². The van der Waals surface area contributed by atoms with Gasteiger partial charge in [0.05, 0.1) is 22.8 Å². The van der Waals surface area contributed by atoms with E-state index >= 15 is 0 Å². The van der Waals surface area contributed by atoms with Gasteiger partial charge in [-0.15, -0.1) is 0 Å². The Balaban J connectivity index is 1.23. The molecule has 4 N–H and O–H groups in total. The van der Waals surface area contributed by atoms with Gasteiger partial charge in [0.25, 0.3) is 0 Å². The molecule has 0 bridgehead atoms. The van der Waals surface area contributed by atoms with Gasteiger partial charge in [0.1, 0.15) is 11.4 Å². The lowest BCUT2D eigenvalue weighted by Gasteiger charge is -2.60. The molecule has 2 aromatic carbocycles. The van der Waals surface area contributed by atoms with Crippen molar-refractivity contribution in [2.24, 2.45) is 5.41 Å². The molecule has 8 nitrogen and oxygen atoms in total. The standard InChI is InChI=1S/C26H27ClN6O2/c1-32-12-26(13-32)14-33(15-26)18-5-6-19-21(10-18)31-24(30-19)23-20(7-8-28-25(23)35)29-11-22(34)16-3-2-4-17(27)9-16/h2-10,22,34H,11-15H2,1H3,(H,30,31)(H2,28,29,35)/t22-/m0/s1. The summed E-state index contributed by atoms with van der Waals surface area (Å²) in [5, 5.41) is 25.0. The molecule has 2 fully saturated rings. The number of halogens is 1. The van der Waals surface area contributed by atoms with E-state index in [0.29, 0.717) is 33.1 Å². The van der Waals surface area contributed by atoms with Crippen LogP contribution in [-0.4, -0.2) is 69.8 Å². The number of H-pyrrole nitrogens is 1. The molecule has 1 spiro atoms. The third kappa shape index (κ3) is 4.07. The van der Waals surface area contributed by atoms with Gasteiger partial charge in [-0.2, -0.15) is 0 Å². The second-order valence-corrected chi connectivity index (χ2v) is 10.3. The molecule has 0 unspecified atom stereocenters. The van der Waals surface area contributed by atoms with Gasteiger partial charge in [-0.05, 0) is 49.0 Å². The Hall–Kier alpha value is -3.33. The number of aliphatic hydroxyl groups is 1. The van der Waals surface area contributed by atoms with Crippen molar-refractivity contribution in [2.75, 3.05) is 50.0 Å². The van der Waals surface area contributed by atoms with Gasteiger partial charge in [0.2, 0.25) is 5.88 Å². The number of aromatic amines is 1. The van der Waals surface area contributed by atoms with Gasteiger partial charge >= 0.3 is 0 Å². The number of nitrogens with one attached hydrogen (secondary N) is 2. The maximum absolute atomic E-state index is 10.6. The van der Waals surface area contributed by atoms with Crippen molar-refractivity contribution >= 4 is 34.0 Å². The second-order valence-electron chi connectivity index (χ2n) is 9.82. The Kier molecular flexibility index (Phi) is 5.32. The summed E-state index contributed by atoms with van der Waals surface area (Å²) in [6.07, 6.45) is 0.746. The average molecular weight is 491 g/mol. The molecule has 0 saturated carbocycles. The van der Waals surface area contributed by atoms with Crippen LogP contribution in [0.15, 0.2) is 54.7 Å². The van der Waals surface area contributed by atoms with Gasteiger partial charge in [-0.1, -0.05) is 23.7 Å². The van der Waals surface area contributed by atoms with Crippen molar-refractivity contribution in [1.29, 1.82) is 0 Å². The Morgan fingerprint density at radius 2 is 1.97 bits per heavy atom. The molecule has 6 rings (SSSR count). The predicted molar refractivity (Wildman–Crippen MR) is 138 cm³/mol. The molecule has 4 aromatic rings. The highest BCUT2D eigenvalue weighted by Crippen LogP contribution is 2.42. The maximum atomic E-state index is 10.6. The number of fused-ring (bicyclic) bond motifs is 1. The van der Waals surface area contributed by atoms with Gasteiger partial charge in [-0.3, -0.25) is 0 Å². The Bertz CT molecular complexity index is 1390. The minimum Gasteiger partial charge on any atom is -0.493 e. The molecule has 2 saturated heterocycles. The number of likely N-dealkylation sites (tertiary alicyclic amines) is 1. The summed E-state index contributed by atoms with van der Waals surface area (Å²) in [7, 11) is 2.17. The van der Waals surface area contributed by atoms with E-state index in [1.807, 2.05) is 12.1 Å². The predicted octanol–water partition coefficient (Wildman–Crippen LogP) is 3.88. The highest BCUT2D eigenvalue weighted by molar-refractivity contribution is 6.30. The number of aromatic hydroxyl groups is 1. The number of aliphatic hydroxyl groups excluding tert-OH is 1. The van der Waals surface area contributed by atoms with Crippen molar-refractivity contribution in [2.45, 2.75) is 6.10 Å². The van der Waals surface area contributed by atoms with Crippen molar-refractivity contribution in [3.63, 3.8) is 0 Å². The van der Waals surface area contributed by atoms with Crippen LogP contribution in [0, 0.1) is 5.41 Å². The highest BCUT2D eigenvalue weighted by atomic mass is 35.5. The summed E-state index contributed by atoms with van der Waals surface area (Å²) in [5.41, 5.74) is 5.13. The van der Waals surface area contributed by atoms with Crippen LogP contribution >= 0.6 is 11.6 Å². The number of pyridine rings is 1. The smallest absolute Gasteiger partial charge is 0.224 e. The first-order chi connectivity index (χ1) is 16.9. The Morgan fingerprint density at radius 1 is 1.14 bits per heavy atom. The molecule has 9 heteroatoms. The third-order valence-electron chi connectivity index (χ3n) is 6.98. The van der Waals surface area contributed by atoms with Gasteiger partial charge in [0.15, 0.2) is 0 Å². The molecule has 1 atom stereocenters. The van der Waals surface area contributed by atoms with Gasteiger partial charge < -0.3 is 30.3 Å². The van der Waals surface area contributed by atoms with Crippen LogP contribution in [0.5, 0.6) is 5.88 Å². The number of nitrogens with zero attached hydrogens (tertiary/aromatic N) is 4. The summed E-state index contributed by atoms with van der Waals surface area (Å²) in [6, 6.07) is 15.1. The molecule has 0 aliphatic carbocycles. The fraction of sp³-hybridized carbons (Fsp3) is 0.308. The summed E-state index contributed by atoms with van der Waals surface area (Å²) in [6.45, 7) is 4.72. The van der Waals surface area contributed by atoms with Crippen molar-refractivity contribution in [1.82, 2.24) is 19.9 Å². The molecular formula is C26H27ClN6O2. The van der Waals surface area contributed by atoms with Crippen LogP contribution in [0.2, 0.25) is 5.02 Å². The molecule has 180 valence electrons. The zero-order chi connectivity index (χ0) is 24.2. The summed E-state index contributed by atoms with van der Waals surface area (Å²) in [4.78, 5) is 16.9. The largest absolute Gasteiger partial charge is 0.493 e. The van der Waals surface area contributed by atoms with E-state index in [0.717, 1.165) is 29.8 Å². The number of rotatable bonds is 6. The lowest BCUT2D eigenvalue weighted by atomic mass is 9.73. The fourth-order valence-corrected chi connectivity index (χ4v) is 5.62. The Labute approximate surface area is 208 Å². The number of imidazole rings is 1. The molecule has 2 aliphatic heterocycles. The quantitative estimate of drug-likeness (QED) is 0.325. The van der Waals surface area contributed by atoms with Crippen LogP contribution in [0.1, 0.15) is 11.7 Å². The molecule has 0 amide bonds. The number of anilines is 2. The monoisotopic (exact) mass is 490 g/mol. The van der Waals surface area contributed by atoms with E-state index in [1.54, 1.807) is 24.3 Å². The van der Waals surface area contributed by atoms with E-state index < -0.39 is 6.10 Å². The zero-order valence-electron chi connectivity index (χ0n) is 19.4. The Morgan fingerprint density at radius 3 is 2.74 bits per heavy atom. The van der Waals surface area contributed by atoms with Crippen molar-refractivity contribution in [3.8, 4) is 17.3 Å². The van der Waals surface area contributed by atoms with Crippen molar-refractivity contribution in [3.05, 3.63) is 65.3 Å². The summed E-state index contributed by atoms with van der Waals surface area (Å²) >= 11 is 6.05. The first-order valence-corrected chi connectivity index (χ1v) is 12.1. The molecule has 35 heavy (non-hydrogen) atoms. The number of benzene rings is 2. The number of hydrogen-bond donors (Lipinski definition) is 4. The maximum Gasteiger partial charge on any atom is 0.224 e. The summed E-state index contributed by atoms with van der Waals surface area (Å²) < 4.78 is 0. The lowest BCUT2D eigenvalue weighted by molar-refractivity contribution is -0.00237. The topological polar surface area (TPSA) is 101 Å². The van der Waals surface area contributed by atoms with Gasteiger partial charge in [-0.25, -0.2) is 9.97 Å². The van der Waals surface area contributed by atoms with Crippen molar-refractivity contribution < 1.29 is 10.2 Å². The van der Waals surface area contributed by atoms with Crippen LogP contribution < -0.4 is 10.2 Å². The second kappa shape index (κ2) is 8.41. The highest BCUT2D eigenvalue weighted by Gasteiger charge is 2.50. The molecular weight excluding hydrogens is 464 g/mol. The fourth-order valence-electron chi connectivity index (χ4n) is 5.42. The molecule has 2 aliphatic rings. The minimum atomic E-state index is -0.773. The molecule has 2 aromatic heterocycles. The minimum absolute atomic E-state index is 0.134. The van der Waals surface area contributed by atoms with Crippen LogP contribution in [0.4, 0.5) is 11.4 Å². The van der Waals surface area contributed by atoms with Crippen LogP contribution in [-0.2, 0) is 0 Å². The molecule has 4 heterocycles. The SMILES string of the molecule is CN1CC2(C1)CN(c1ccc3[nH]c(-c4c(NC[C@H](O)c5cccc(Cl)c5)ccnc4O)nc3c1)C2. The molecule has 0 radical (unpaired) electrons. The van der Waals surface area contributed by atoms with Gasteiger partial charge in [0, 0.05) is 55.0 Å². The number of hydrogen-bond acceptors (Lipinski definition) is 7. The normalized spacial score (nSPS) is 17.9. The first-order valence-electron chi connectivity index (χ1n) is 11.7. The first kappa shape index (κ1) is 22.2. The van der Waals surface area contributed by atoms with Crippen LogP contribution in [0.25, 0.3) is 22.4 Å². The van der Waals surface area contributed by atoms with E-state index in [4.69, 9.17) is 16.6 Å². The average Bonchev–Trinajstić information content (AvgIpc) is 3.21.